The van der Waals surface area contributed by atoms with E-state index >= 15 is 0 Å². The van der Waals surface area contributed by atoms with Gasteiger partial charge >= 0.3 is 0 Å². The molecule has 1 aliphatic rings. The summed E-state index contributed by atoms with van der Waals surface area (Å²) >= 11 is 0. The third-order valence-corrected chi connectivity index (χ3v) is 4.05. The average molecular weight is 327 g/mol. The summed E-state index contributed by atoms with van der Waals surface area (Å²) < 4.78 is 26.6. The van der Waals surface area contributed by atoms with Crippen LogP contribution in [0.5, 0.6) is 0 Å². The zero-order valence-corrected chi connectivity index (χ0v) is 12.8. The van der Waals surface area contributed by atoms with Crippen LogP contribution < -0.4 is 0 Å². The third-order valence-electron chi connectivity index (χ3n) is 4.05. The maximum atomic E-state index is 13.3. The van der Waals surface area contributed by atoms with Gasteiger partial charge in [0.2, 0.25) is 0 Å². The molecule has 0 radical (unpaired) electrons. The molecule has 0 aliphatic carbocycles. The van der Waals surface area contributed by atoms with E-state index in [2.05, 4.69) is 6.58 Å². The van der Waals surface area contributed by atoms with E-state index in [1.54, 1.807) is 30.3 Å². The van der Waals surface area contributed by atoms with Crippen molar-refractivity contribution in [2.24, 2.45) is 5.92 Å². The molecule has 0 saturated heterocycles. The number of hydrogen-bond acceptors (Lipinski definition) is 2. The van der Waals surface area contributed by atoms with Crippen molar-refractivity contribution in [3.05, 3.63) is 83.4 Å². The van der Waals surface area contributed by atoms with Crippen LogP contribution in [0.15, 0.2) is 55.1 Å². The highest BCUT2D eigenvalue weighted by atomic mass is 19.1. The summed E-state index contributed by atoms with van der Waals surface area (Å²) in [5.41, 5.74) is 1.21. The van der Waals surface area contributed by atoms with Crippen molar-refractivity contribution in [3.8, 4) is 0 Å². The molecule has 122 valence electrons. The molecule has 1 aliphatic heterocycles. The molecule has 1 atom stereocenters. The summed E-state index contributed by atoms with van der Waals surface area (Å²) in [5.74, 6) is -2.32. The second-order valence-electron chi connectivity index (χ2n) is 5.74. The van der Waals surface area contributed by atoms with Gasteiger partial charge in [0.05, 0.1) is 11.1 Å². The smallest absolute Gasteiger partial charge is 0.261 e. The van der Waals surface area contributed by atoms with Gasteiger partial charge in [-0.3, -0.25) is 14.5 Å². The molecule has 0 aromatic heterocycles. The van der Waals surface area contributed by atoms with Crippen LogP contribution in [0, 0.1) is 17.6 Å². The Kier molecular flexibility index (Phi) is 4.25. The molecule has 0 saturated carbocycles. The maximum Gasteiger partial charge on any atom is 0.261 e. The summed E-state index contributed by atoms with van der Waals surface area (Å²) in [5, 5.41) is 0. The second-order valence-corrected chi connectivity index (χ2v) is 5.74. The van der Waals surface area contributed by atoms with Crippen LogP contribution in [0.4, 0.5) is 8.78 Å². The zero-order valence-electron chi connectivity index (χ0n) is 12.8. The Morgan fingerprint density at radius 2 is 1.54 bits per heavy atom. The van der Waals surface area contributed by atoms with Gasteiger partial charge in [0, 0.05) is 12.6 Å². The van der Waals surface area contributed by atoms with E-state index in [0.29, 0.717) is 16.7 Å². The summed E-state index contributed by atoms with van der Waals surface area (Å²) in [6, 6.07) is 9.91. The predicted molar refractivity (Wildman–Crippen MR) is 85.6 cm³/mol. The van der Waals surface area contributed by atoms with Crippen molar-refractivity contribution >= 4 is 11.8 Å². The summed E-state index contributed by atoms with van der Waals surface area (Å²) in [6.07, 6.45) is 1.87. The molecule has 2 aromatic carbocycles. The standard InChI is InChI=1S/C19H15F2NO2/c1-2-12(7-13-8-14(20)10-15(21)9-13)11-22-18(23)16-5-3-4-6-17(16)19(22)24/h2-6,8-10,12H,1,7,11H2/t12-/m0/s1. The molecule has 0 fully saturated rings. The van der Waals surface area contributed by atoms with Crippen LogP contribution >= 0.6 is 0 Å². The first-order valence-electron chi connectivity index (χ1n) is 7.52. The van der Waals surface area contributed by atoms with E-state index in [0.717, 1.165) is 11.0 Å². The molecule has 24 heavy (non-hydrogen) atoms. The van der Waals surface area contributed by atoms with Crippen LogP contribution in [0.25, 0.3) is 0 Å². The van der Waals surface area contributed by atoms with Gasteiger partial charge < -0.3 is 0 Å². The number of hydrogen-bond donors (Lipinski definition) is 0. The molecule has 3 nitrogen and oxygen atoms in total. The maximum absolute atomic E-state index is 13.3. The van der Waals surface area contributed by atoms with Gasteiger partial charge in [0.1, 0.15) is 11.6 Å². The number of benzene rings is 2. The van der Waals surface area contributed by atoms with Crippen molar-refractivity contribution in [2.75, 3.05) is 6.54 Å². The highest BCUT2D eigenvalue weighted by molar-refractivity contribution is 6.21. The number of amides is 2. The van der Waals surface area contributed by atoms with E-state index in [9.17, 15) is 18.4 Å². The summed E-state index contributed by atoms with van der Waals surface area (Å²) in [7, 11) is 0. The first-order chi connectivity index (χ1) is 11.5. The fourth-order valence-electron chi connectivity index (χ4n) is 2.89. The van der Waals surface area contributed by atoms with E-state index in [1.165, 1.54) is 12.1 Å². The van der Waals surface area contributed by atoms with Gasteiger partial charge in [-0.05, 0) is 42.2 Å². The second kappa shape index (κ2) is 6.35. The van der Waals surface area contributed by atoms with Crippen molar-refractivity contribution < 1.29 is 18.4 Å². The highest BCUT2D eigenvalue weighted by Gasteiger charge is 2.35. The average Bonchev–Trinajstić information content (AvgIpc) is 2.78. The molecule has 0 unspecified atom stereocenters. The van der Waals surface area contributed by atoms with Gasteiger partial charge in [-0.25, -0.2) is 8.78 Å². The highest BCUT2D eigenvalue weighted by Crippen LogP contribution is 2.24. The van der Waals surface area contributed by atoms with E-state index in [4.69, 9.17) is 0 Å². The van der Waals surface area contributed by atoms with Gasteiger partial charge in [-0.15, -0.1) is 6.58 Å². The molecule has 3 rings (SSSR count). The zero-order chi connectivity index (χ0) is 17.3. The SMILES string of the molecule is C=C[C@@H](Cc1cc(F)cc(F)c1)CN1C(=O)c2ccccc2C1=O. The number of rotatable bonds is 5. The molecular weight excluding hydrogens is 312 g/mol. The monoisotopic (exact) mass is 327 g/mol. The number of fused-ring (bicyclic) bond motifs is 1. The van der Waals surface area contributed by atoms with Gasteiger partial charge in [0.25, 0.3) is 11.8 Å². The Morgan fingerprint density at radius 3 is 2.04 bits per heavy atom. The minimum absolute atomic E-state index is 0.119. The van der Waals surface area contributed by atoms with Gasteiger partial charge in [-0.1, -0.05) is 18.2 Å². The number of nitrogens with zero attached hydrogens (tertiary/aromatic N) is 1. The largest absolute Gasteiger partial charge is 0.274 e. The Hall–Kier alpha value is -2.82. The molecule has 0 spiro atoms. The van der Waals surface area contributed by atoms with Crippen LogP contribution in [-0.2, 0) is 6.42 Å². The molecule has 1 heterocycles. The lowest BCUT2D eigenvalue weighted by Crippen LogP contribution is -2.34. The number of carbonyl (C=O) groups is 2. The van der Waals surface area contributed by atoms with Gasteiger partial charge in [0.15, 0.2) is 0 Å². The summed E-state index contributed by atoms with van der Waals surface area (Å²) in [4.78, 5) is 25.9. The lowest BCUT2D eigenvalue weighted by atomic mass is 9.98. The topological polar surface area (TPSA) is 37.4 Å². The van der Waals surface area contributed by atoms with Crippen LogP contribution in [0.1, 0.15) is 26.3 Å². The minimum Gasteiger partial charge on any atom is -0.274 e. The van der Waals surface area contributed by atoms with Crippen molar-refractivity contribution in [3.63, 3.8) is 0 Å². The van der Waals surface area contributed by atoms with E-state index in [-0.39, 0.29) is 30.7 Å². The fourth-order valence-corrected chi connectivity index (χ4v) is 2.89. The minimum atomic E-state index is -0.659. The Balaban J connectivity index is 1.78. The lowest BCUT2D eigenvalue weighted by molar-refractivity contribution is 0.0638. The number of carbonyl (C=O) groups excluding carboxylic acids is 2. The first-order valence-corrected chi connectivity index (χ1v) is 7.52. The van der Waals surface area contributed by atoms with Crippen molar-refractivity contribution in [2.45, 2.75) is 6.42 Å². The quantitative estimate of drug-likeness (QED) is 0.621. The normalized spacial score (nSPS) is 14.7. The molecule has 2 aromatic rings. The predicted octanol–water partition coefficient (Wildman–Crippen LogP) is 3.61. The molecule has 5 heteroatoms. The fraction of sp³-hybridized carbons (Fsp3) is 0.158. The first kappa shape index (κ1) is 16.1. The molecule has 2 amide bonds. The molecular formula is C19H15F2NO2. The van der Waals surface area contributed by atoms with Crippen molar-refractivity contribution in [1.82, 2.24) is 4.90 Å². The molecule has 0 N–H and O–H groups in total. The Bertz CT molecular complexity index is 777. The Labute approximate surface area is 138 Å². The van der Waals surface area contributed by atoms with Crippen LogP contribution in [0.3, 0.4) is 0 Å². The number of imide groups is 1. The van der Waals surface area contributed by atoms with Crippen molar-refractivity contribution in [1.29, 1.82) is 0 Å². The third kappa shape index (κ3) is 2.97. The summed E-state index contributed by atoms with van der Waals surface area (Å²) in [6.45, 7) is 3.83. The number of halogens is 2. The van der Waals surface area contributed by atoms with Crippen LogP contribution in [0.2, 0.25) is 0 Å². The molecule has 0 bridgehead atoms. The van der Waals surface area contributed by atoms with Gasteiger partial charge in [-0.2, -0.15) is 0 Å². The van der Waals surface area contributed by atoms with E-state index < -0.39 is 11.6 Å². The Morgan fingerprint density at radius 1 is 1.00 bits per heavy atom. The lowest BCUT2D eigenvalue weighted by Gasteiger charge is -2.20. The van der Waals surface area contributed by atoms with E-state index in [1.807, 2.05) is 0 Å². The van der Waals surface area contributed by atoms with Crippen LogP contribution in [-0.4, -0.2) is 23.3 Å².